The molecule has 0 aliphatic rings. The number of hydrogen-bond donors (Lipinski definition) is 0. The standard InChI is InChI=1S/C16H34/c1-7-14(4)12-16(6)11-10-15(5)9-8-13(2)3/h13-16H,7-12H2,1-6H3. The molecule has 0 aliphatic heterocycles. The lowest BCUT2D eigenvalue weighted by Crippen LogP contribution is -2.05. The van der Waals surface area contributed by atoms with Crippen molar-refractivity contribution in [2.75, 3.05) is 0 Å². The Hall–Kier alpha value is 0. The second kappa shape index (κ2) is 9.07. The fraction of sp³-hybridized carbons (Fsp3) is 1.00. The molecule has 3 unspecified atom stereocenters. The summed E-state index contributed by atoms with van der Waals surface area (Å²) in [5.41, 5.74) is 0. The summed E-state index contributed by atoms with van der Waals surface area (Å²) in [6.07, 6.45) is 8.46. The first-order valence-electron chi connectivity index (χ1n) is 7.45. The van der Waals surface area contributed by atoms with Crippen LogP contribution in [0.1, 0.15) is 80.1 Å². The van der Waals surface area contributed by atoms with Crippen LogP contribution in [0.5, 0.6) is 0 Å². The van der Waals surface area contributed by atoms with Crippen LogP contribution in [-0.2, 0) is 0 Å². The van der Waals surface area contributed by atoms with Crippen molar-refractivity contribution < 1.29 is 0 Å². The zero-order valence-electron chi connectivity index (χ0n) is 12.6. The van der Waals surface area contributed by atoms with Gasteiger partial charge in [-0.3, -0.25) is 0 Å². The molecule has 0 aromatic rings. The van der Waals surface area contributed by atoms with E-state index in [1.807, 2.05) is 0 Å². The van der Waals surface area contributed by atoms with Gasteiger partial charge in [0.15, 0.2) is 0 Å². The van der Waals surface area contributed by atoms with Crippen molar-refractivity contribution in [3.8, 4) is 0 Å². The summed E-state index contributed by atoms with van der Waals surface area (Å²) < 4.78 is 0. The zero-order valence-corrected chi connectivity index (χ0v) is 12.6. The largest absolute Gasteiger partial charge is 0.0651 e. The summed E-state index contributed by atoms with van der Waals surface area (Å²) in [4.78, 5) is 0. The molecule has 0 nitrogen and oxygen atoms in total. The summed E-state index contributed by atoms with van der Waals surface area (Å²) >= 11 is 0. The van der Waals surface area contributed by atoms with Gasteiger partial charge in [0, 0.05) is 0 Å². The molecule has 0 rings (SSSR count). The third kappa shape index (κ3) is 9.24. The van der Waals surface area contributed by atoms with Crippen molar-refractivity contribution >= 4 is 0 Å². The lowest BCUT2D eigenvalue weighted by atomic mass is 9.88. The van der Waals surface area contributed by atoms with Crippen molar-refractivity contribution in [2.45, 2.75) is 80.1 Å². The molecule has 0 heteroatoms. The van der Waals surface area contributed by atoms with Crippen molar-refractivity contribution in [3.63, 3.8) is 0 Å². The van der Waals surface area contributed by atoms with Gasteiger partial charge in [0.25, 0.3) is 0 Å². The minimum absolute atomic E-state index is 0.875. The van der Waals surface area contributed by atoms with Gasteiger partial charge in [0.2, 0.25) is 0 Å². The second-order valence-electron chi connectivity index (χ2n) is 6.51. The van der Waals surface area contributed by atoms with Gasteiger partial charge in [-0.2, -0.15) is 0 Å². The van der Waals surface area contributed by atoms with E-state index >= 15 is 0 Å². The Bertz CT molecular complexity index is 148. The summed E-state index contributed by atoms with van der Waals surface area (Å²) in [6, 6.07) is 0. The highest BCUT2D eigenvalue weighted by atomic mass is 14.2. The second-order valence-corrected chi connectivity index (χ2v) is 6.51. The Balaban J connectivity index is 3.54. The molecule has 0 N–H and O–H groups in total. The van der Waals surface area contributed by atoms with Gasteiger partial charge < -0.3 is 0 Å². The summed E-state index contributed by atoms with van der Waals surface area (Å²) in [7, 11) is 0. The summed E-state index contributed by atoms with van der Waals surface area (Å²) in [5.74, 6) is 3.65. The molecule has 16 heavy (non-hydrogen) atoms. The van der Waals surface area contributed by atoms with Gasteiger partial charge in [0.05, 0.1) is 0 Å². The molecule has 0 aliphatic carbocycles. The first kappa shape index (κ1) is 16.0. The highest BCUT2D eigenvalue weighted by Crippen LogP contribution is 2.23. The van der Waals surface area contributed by atoms with E-state index in [0.717, 1.165) is 23.7 Å². The summed E-state index contributed by atoms with van der Waals surface area (Å²) in [5, 5.41) is 0. The molecular formula is C16H34. The molecule has 0 spiro atoms. The minimum Gasteiger partial charge on any atom is -0.0651 e. The van der Waals surface area contributed by atoms with Crippen LogP contribution in [0, 0.1) is 23.7 Å². The molecule has 0 aromatic carbocycles. The van der Waals surface area contributed by atoms with E-state index in [1.165, 1.54) is 38.5 Å². The molecule has 0 saturated heterocycles. The van der Waals surface area contributed by atoms with Crippen molar-refractivity contribution in [2.24, 2.45) is 23.7 Å². The van der Waals surface area contributed by atoms with Crippen LogP contribution in [0.3, 0.4) is 0 Å². The Morgan fingerprint density at radius 2 is 1.12 bits per heavy atom. The maximum absolute atomic E-state index is 2.43. The monoisotopic (exact) mass is 226 g/mol. The predicted octanol–water partition coefficient (Wildman–Crippen LogP) is 5.91. The van der Waals surface area contributed by atoms with Gasteiger partial charge in [-0.15, -0.1) is 0 Å². The molecule has 0 bridgehead atoms. The quantitative estimate of drug-likeness (QED) is 0.458. The molecule has 98 valence electrons. The normalized spacial score (nSPS) is 17.4. The maximum atomic E-state index is 2.43. The Morgan fingerprint density at radius 1 is 0.625 bits per heavy atom. The lowest BCUT2D eigenvalue weighted by Gasteiger charge is -2.18. The van der Waals surface area contributed by atoms with Gasteiger partial charge in [-0.25, -0.2) is 0 Å². The summed E-state index contributed by atoms with van der Waals surface area (Å²) in [6.45, 7) is 14.2. The van der Waals surface area contributed by atoms with Crippen LogP contribution in [0.4, 0.5) is 0 Å². The van der Waals surface area contributed by atoms with Crippen molar-refractivity contribution in [1.29, 1.82) is 0 Å². The van der Waals surface area contributed by atoms with E-state index in [2.05, 4.69) is 41.5 Å². The van der Waals surface area contributed by atoms with Crippen LogP contribution < -0.4 is 0 Å². The van der Waals surface area contributed by atoms with Crippen LogP contribution in [0.15, 0.2) is 0 Å². The third-order valence-corrected chi connectivity index (χ3v) is 3.89. The van der Waals surface area contributed by atoms with Gasteiger partial charge in [0.1, 0.15) is 0 Å². The molecule has 0 heterocycles. The van der Waals surface area contributed by atoms with Crippen LogP contribution in [-0.4, -0.2) is 0 Å². The molecule has 3 atom stereocenters. The topological polar surface area (TPSA) is 0 Å². The average molecular weight is 226 g/mol. The highest BCUT2D eigenvalue weighted by Gasteiger charge is 2.10. The van der Waals surface area contributed by atoms with E-state index in [9.17, 15) is 0 Å². The van der Waals surface area contributed by atoms with Gasteiger partial charge in [-0.1, -0.05) is 73.6 Å². The molecule has 0 fully saturated rings. The Kier molecular flexibility index (Phi) is 9.07. The average Bonchev–Trinajstić information content (AvgIpc) is 2.23. The Morgan fingerprint density at radius 3 is 1.62 bits per heavy atom. The molecule has 0 saturated carbocycles. The van der Waals surface area contributed by atoms with Gasteiger partial charge in [-0.05, 0) is 30.1 Å². The highest BCUT2D eigenvalue weighted by molar-refractivity contribution is 4.62. The van der Waals surface area contributed by atoms with Crippen molar-refractivity contribution in [1.82, 2.24) is 0 Å². The Labute approximate surface area is 104 Å². The SMILES string of the molecule is CCC(C)CC(C)CCC(C)CCC(C)C. The van der Waals surface area contributed by atoms with Crippen molar-refractivity contribution in [3.05, 3.63) is 0 Å². The number of rotatable bonds is 9. The van der Waals surface area contributed by atoms with Crippen LogP contribution in [0.25, 0.3) is 0 Å². The first-order valence-corrected chi connectivity index (χ1v) is 7.45. The van der Waals surface area contributed by atoms with Crippen LogP contribution in [0.2, 0.25) is 0 Å². The fourth-order valence-electron chi connectivity index (χ4n) is 2.30. The van der Waals surface area contributed by atoms with E-state index in [4.69, 9.17) is 0 Å². The third-order valence-electron chi connectivity index (χ3n) is 3.89. The lowest BCUT2D eigenvalue weighted by molar-refractivity contribution is 0.339. The smallest absolute Gasteiger partial charge is 0.0440 e. The molecular weight excluding hydrogens is 192 g/mol. The zero-order chi connectivity index (χ0) is 12.6. The minimum atomic E-state index is 0.875. The fourth-order valence-corrected chi connectivity index (χ4v) is 2.30. The predicted molar refractivity (Wildman–Crippen MR) is 75.7 cm³/mol. The van der Waals surface area contributed by atoms with E-state index in [-0.39, 0.29) is 0 Å². The maximum Gasteiger partial charge on any atom is -0.0440 e. The first-order chi connectivity index (χ1) is 7.45. The van der Waals surface area contributed by atoms with Crippen LogP contribution >= 0.6 is 0 Å². The van der Waals surface area contributed by atoms with Gasteiger partial charge >= 0.3 is 0 Å². The van der Waals surface area contributed by atoms with E-state index in [1.54, 1.807) is 0 Å². The number of hydrogen-bond acceptors (Lipinski definition) is 0. The molecule has 0 amide bonds. The molecule has 0 radical (unpaired) electrons. The van der Waals surface area contributed by atoms with E-state index < -0.39 is 0 Å². The van der Waals surface area contributed by atoms with E-state index in [0.29, 0.717) is 0 Å². The molecule has 0 aromatic heterocycles.